The maximum atomic E-state index is 12.7. The zero-order valence-corrected chi connectivity index (χ0v) is 15.1. The average molecular weight is 428 g/mol. The molecular weight excluding hydrogens is 411 g/mol. The van der Waals surface area contributed by atoms with Crippen molar-refractivity contribution in [1.29, 1.82) is 0 Å². The molecule has 1 N–H and O–H groups in total. The van der Waals surface area contributed by atoms with Crippen LogP contribution in [0.4, 0.5) is 19.0 Å². The van der Waals surface area contributed by atoms with Gasteiger partial charge in [-0.05, 0) is 47.7 Å². The highest BCUT2D eigenvalue weighted by Crippen LogP contribution is 2.34. The van der Waals surface area contributed by atoms with Crippen LogP contribution in [-0.2, 0) is 16.2 Å². The molecule has 0 unspecified atom stereocenters. The molecule has 1 aromatic heterocycles. The number of aromatic nitrogens is 1. The van der Waals surface area contributed by atoms with Gasteiger partial charge in [-0.25, -0.2) is 18.1 Å². The molecule has 1 aromatic rings. The Morgan fingerprint density at radius 2 is 1.83 bits per heavy atom. The number of anilines is 1. The van der Waals surface area contributed by atoms with Gasteiger partial charge in [-0.2, -0.15) is 13.2 Å². The van der Waals surface area contributed by atoms with Crippen molar-refractivity contribution in [3.05, 3.63) is 22.3 Å². The van der Waals surface area contributed by atoms with E-state index in [1.807, 2.05) is 4.90 Å². The van der Waals surface area contributed by atoms with Crippen molar-refractivity contribution in [3.8, 4) is 0 Å². The summed E-state index contributed by atoms with van der Waals surface area (Å²) >= 11 is 3.15. The van der Waals surface area contributed by atoms with Crippen LogP contribution in [0.5, 0.6) is 0 Å². The number of sulfonamides is 1. The largest absolute Gasteiger partial charge is 0.417 e. The van der Waals surface area contributed by atoms with Gasteiger partial charge >= 0.3 is 6.18 Å². The van der Waals surface area contributed by atoms with E-state index in [2.05, 4.69) is 25.6 Å². The lowest BCUT2D eigenvalue weighted by Gasteiger charge is -2.33. The molecular formula is C14H17BrF3N3O2S. The highest BCUT2D eigenvalue weighted by atomic mass is 79.9. The van der Waals surface area contributed by atoms with Crippen LogP contribution in [0.15, 0.2) is 16.7 Å². The number of pyridine rings is 1. The van der Waals surface area contributed by atoms with Crippen molar-refractivity contribution in [2.24, 2.45) is 0 Å². The van der Waals surface area contributed by atoms with Crippen LogP contribution < -0.4 is 9.62 Å². The lowest BCUT2D eigenvalue weighted by molar-refractivity contribution is -0.137. The predicted octanol–water partition coefficient (Wildman–Crippen LogP) is 2.91. The summed E-state index contributed by atoms with van der Waals surface area (Å²) in [6, 6.07) is 0.893. The summed E-state index contributed by atoms with van der Waals surface area (Å²) in [7, 11) is -3.22. The van der Waals surface area contributed by atoms with Gasteiger partial charge in [-0.3, -0.25) is 0 Å². The summed E-state index contributed by atoms with van der Waals surface area (Å²) in [5.74, 6) is 0.450. The van der Waals surface area contributed by atoms with Crippen LogP contribution >= 0.6 is 15.9 Å². The molecule has 24 heavy (non-hydrogen) atoms. The summed E-state index contributed by atoms with van der Waals surface area (Å²) < 4.78 is 65.0. The van der Waals surface area contributed by atoms with E-state index in [1.54, 1.807) is 0 Å². The van der Waals surface area contributed by atoms with Gasteiger partial charge in [0.1, 0.15) is 5.82 Å². The van der Waals surface area contributed by atoms with Crippen molar-refractivity contribution < 1.29 is 21.6 Å². The van der Waals surface area contributed by atoms with E-state index >= 15 is 0 Å². The minimum atomic E-state index is -4.43. The van der Waals surface area contributed by atoms with Gasteiger partial charge < -0.3 is 4.90 Å². The monoisotopic (exact) mass is 427 g/mol. The fraction of sp³-hybridized carbons (Fsp3) is 0.643. The Bertz CT molecular complexity index is 714. The molecule has 0 radical (unpaired) electrons. The summed E-state index contributed by atoms with van der Waals surface area (Å²) in [5, 5.41) is -0.249. The van der Waals surface area contributed by atoms with Gasteiger partial charge in [0.05, 0.1) is 15.3 Å². The number of halogens is 4. The standard InChI is InChI=1S/C14H17BrF3N3O2S/c15-12-7-9(14(16,17)18)8-19-13(12)21-5-3-10(4-6-21)20-24(22,23)11-1-2-11/h7-8,10-11,20H,1-6H2. The normalized spacial score (nSPS) is 20.4. The van der Waals surface area contributed by atoms with Crippen LogP contribution in [0.2, 0.25) is 0 Å². The summed E-state index contributed by atoms with van der Waals surface area (Å²) in [6.45, 7) is 1.07. The fourth-order valence-corrected chi connectivity index (χ4v) is 4.98. The number of nitrogens with zero attached hydrogens (tertiary/aromatic N) is 2. The Morgan fingerprint density at radius 3 is 2.33 bits per heavy atom. The molecule has 2 heterocycles. The molecule has 0 bridgehead atoms. The molecule has 1 aliphatic carbocycles. The third kappa shape index (κ3) is 4.02. The topological polar surface area (TPSA) is 62.3 Å². The van der Waals surface area contributed by atoms with Gasteiger partial charge in [0.2, 0.25) is 10.0 Å². The van der Waals surface area contributed by atoms with Crippen molar-refractivity contribution in [2.45, 2.75) is 43.2 Å². The van der Waals surface area contributed by atoms with Crippen LogP contribution in [0, 0.1) is 0 Å². The summed E-state index contributed by atoms with van der Waals surface area (Å²) in [6.07, 6.45) is -0.973. The van der Waals surface area contributed by atoms with Crippen LogP contribution in [-0.4, -0.2) is 37.8 Å². The summed E-state index contributed by atoms with van der Waals surface area (Å²) in [5.41, 5.74) is -0.801. The van der Waals surface area contributed by atoms with E-state index < -0.39 is 21.8 Å². The molecule has 1 saturated heterocycles. The second-order valence-electron chi connectivity index (χ2n) is 6.15. The van der Waals surface area contributed by atoms with Crippen molar-refractivity contribution >= 4 is 31.8 Å². The maximum absolute atomic E-state index is 12.7. The fourth-order valence-electron chi connectivity index (χ4n) is 2.73. The zero-order valence-electron chi connectivity index (χ0n) is 12.7. The summed E-state index contributed by atoms with van der Waals surface area (Å²) in [4.78, 5) is 5.79. The lowest BCUT2D eigenvalue weighted by Crippen LogP contribution is -2.45. The van der Waals surface area contributed by atoms with E-state index in [-0.39, 0.29) is 15.8 Å². The number of hydrogen-bond acceptors (Lipinski definition) is 4. The molecule has 1 aliphatic heterocycles. The van der Waals surface area contributed by atoms with E-state index in [1.165, 1.54) is 0 Å². The molecule has 0 spiro atoms. The third-order valence-electron chi connectivity index (χ3n) is 4.24. The number of nitrogens with one attached hydrogen (secondary N) is 1. The SMILES string of the molecule is O=S(=O)(NC1CCN(c2ncc(C(F)(F)F)cc2Br)CC1)C1CC1. The Labute approximate surface area is 146 Å². The zero-order chi connectivity index (χ0) is 17.5. The Morgan fingerprint density at radius 1 is 1.21 bits per heavy atom. The second-order valence-corrected chi connectivity index (χ2v) is 9.00. The minimum absolute atomic E-state index is 0.125. The molecule has 0 amide bonds. The van der Waals surface area contributed by atoms with E-state index in [0.717, 1.165) is 25.1 Å². The smallest absolute Gasteiger partial charge is 0.356 e. The first-order chi connectivity index (χ1) is 11.2. The maximum Gasteiger partial charge on any atom is 0.417 e. The van der Waals surface area contributed by atoms with Gasteiger partial charge in [-0.15, -0.1) is 0 Å². The van der Waals surface area contributed by atoms with Gasteiger partial charge in [0, 0.05) is 25.3 Å². The van der Waals surface area contributed by atoms with Crippen molar-refractivity contribution in [2.75, 3.05) is 18.0 Å². The number of rotatable bonds is 4. The van der Waals surface area contributed by atoms with Crippen molar-refractivity contribution in [3.63, 3.8) is 0 Å². The highest BCUT2D eigenvalue weighted by molar-refractivity contribution is 9.10. The lowest BCUT2D eigenvalue weighted by atomic mass is 10.1. The molecule has 0 aromatic carbocycles. The molecule has 134 valence electrons. The first kappa shape index (κ1) is 17.9. The highest BCUT2D eigenvalue weighted by Gasteiger charge is 2.37. The number of hydrogen-bond donors (Lipinski definition) is 1. The molecule has 2 aliphatic rings. The van der Waals surface area contributed by atoms with Crippen LogP contribution in [0.25, 0.3) is 0 Å². The quantitative estimate of drug-likeness (QED) is 0.802. The molecule has 2 fully saturated rings. The van der Waals surface area contributed by atoms with Crippen LogP contribution in [0.3, 0.4) is 0 Å². The first-order valence-electron chi connectivity index (χ1n) is 7.65. The van der Waals surface area contributed by atoms with E-state index in [9.17, 15) is 21.6 Å². The Balaban J connectivity index is 1.62. The molecule has 5 nitrogen and oxygen atoms in total. The first-order valence-corrected chi connectivity index (χ1v) is 9.99. The van der Waals surface area contributed by atoms with Crippen LogP contribution in [0.1, 0.15) is 31.2 Å². The van der Waals surface area contributed by atoms with E-state index in [0.29, 0.717) is 31.7 Å². The van der Waals surface area contributed by atoms with Crippen molar-refractivity contribution in [1.82, 2.24) is 9.71 Å². The average Bonchev–Trinajstić information content (AvgIpc) is 3.32. The van der Waals surface area contributed by atoms with Gasteiger partial charge in [0.15, 0.2) is 0 Å². The molecule has 0 atom stereocenters. The Kier molecular flexibility index (Phi) is 4.82. The van der Waals surface area contributed by atoms with E-state index in [4.69, 9.17) is 0 Å². The Hall–Kier alpha value is -0.870. The predicted molar refractivity (Wildman–Crippen MR) is 87.3 cm³/mol. The number of piperidine rings is 1. The molecule has 1 saturated carbocycles. The minimum Gasteiger partial charge on any atom is -0.356 e. The number of alkyl halides is 3. The van der Waals surface area contributed by atoms with Gasteiger partial charge in [0.25, 0.3) is 0 Å². The molecule has 10 heteroatoms. The van der Waals surface area contributed by atoms with Gasteiger partial charge in [-0.1, -0.05) is 0 Å². The second kappa shape index (κ2) is 6.45. The molecule has 3 rings (SSSR count). The third-order valence-corrected chi connectivity index (χ3v) is 6.83.